The molecule has 128 valence electrons. The zero-order valence-electron chi connectivity index (χ0n) is 14.7. The second-order valence-corrected chi connectivity index (χ2v) is 7.30. The Morgan fingerprint density at radius 3 is 2.38 bits per heavy atom. The predicted octanol–water partition coefficient (Wildman–Crippen LogP) is 5.12. The molecule has 0 fully saturated rings. The molecule has 0 spiro atoms. The maximum atomic E-state index is 12.9. The van der Waals surface area contributed by atoms with Crippen LogP contribution in [-0.4, -0.2) is 5.91 Å². The van der Waals surface area contributed by atoms with E-state index in [9.17, 15) is 9.18 Å². The van der Waals surface area contributed by atoms with Crippen LogP contribution in [0.1, 0.15) is 38.3 Å². The van der Waals surface area contributed by atoms with Crippen LogP contribution in [0.2, 0.25) is 0 Å². The molecule has 3 nitrogen and oxygen atoms in total. The summed E-state index contributed by atoms with van der Waals surface area (Å²) in [6.45, 7) is 8.69. The van der Waals surface area contributed by atoms with Crippen molar-refractivity contribution in [1.82, 2.24) is 0 Å². The fourth-order valence-corrected chi connectivity index (χ4v) is 2.35. The van der Waals surface area contributed by atoms with E-state index in [0.29, 0.717) is 13.0 Å². The minimum Gasteiger partial charge on any atom is -0.381 e. The highest BCUT2D eigenvalue weighted by Gasteiger charge is 2.16. The van der Waals surface area contributed by atoms with Crippen LogP contribution >= 0.6 is 0 Å². The zero-order chi connectivity index (χ0) is 17.7. The molecule has 4 heteroatoms. The summed E-state index contributed by atoms with van der Waals surface area (Å²) < 4.78 is 12.9. The summed E-state index contributed by atoms with van der Waals surface area (Å²) >= 11 is 0. The molecular weight excluding hydrogens is 303 g/mol. The minimum absolute atomic E-state index is 0.0151. The Balaban J connectivity index is 2.02. The molecule has 0 saturated heterocycles. The Kier molecular flexibility index (Phi) is 5.60. The van der Waals surface area contributed by atoms with Crippen LogP contribution in [-0.2, 0) is 11.3 Å². The van der Waals surface area contributed by atoms with Crippen molar-refractivity contribution < 1.29 is 9.18 Å². The number of carbonyl (C=O) groups is 1. The Hall–Kier alpha value is -2.36. The van der Waals surface area contributed by atoms with Crippen LogP contribution < -0.4 is 10.6 Å². The van der Waals surface area contributed by atoms with E-state index in [1.165, 1.54) is 12.1 Å². The molecule has 0 aliphatic rings. The van der Waals surface area contributed by atoms with Crippen LogP contribution in [0.25, 0.3) is 0 Å². The number of hydrogen-bond acceptors (Lipinski definition) is 2. The monoisotopic (exact) mass is 328 g/mol. The van der Waals surface area contributed by atoms with Gasteiger partial charge in [-0.25, -0.2) is 4.39 Å². The van der Waals surface area contributed by atoms with Gasteiger partial charge in [-0.1, -0.05) is 39.0 Å². The molecule has 0 atom stereocenters. The van der Waals surface area contributed by atoms with Crippen molar-refractivity contribution in [1.29, 1.82) is 0 Å². The normalized spacial score (nSPS) is 11.2. The molecule has 2 aromatic carbocycles. The Labute approximate surface area is 143 Å². The Morgan fingerprint density at radius 2 is 1.75 bits per heavy atom. The molecule has 0 saturated carbocycles. The first-order valence-corrected chi connectivity index (χ1v) is 8.12. The van der Waals surface area contributed by atoms with Gasteiger partial charge >= 0.3 is 0 Å². The van der Waals surface area contributed by atoms with Gasteiger partial charge in [-0.05, 0) is 47.7 Å². The number of benzene rings is 2. The van der Waals surface area contributed by atoms with Crippen molar-refractivity contribution in [2.45, 2.75) is 40.7 Å². The first-order valence-electron chi connectivity index (χ1n) is 8.12. The van der Waals surface area contributed by atoms with E-state index in [1.807, 2.05) is 45.9 Å². The number of rotatable bonds is 5. The lowest BCUT2D eigenvalue weighted by Crippen LogP contribution is -2.20. The fourth-order valence-electron chi connectivity index (χ4n) is 2.35. The van der Waals surface area contributed by atoms with Crippen LogP contribution in [0.15, 0.2) is 42.5 Å². The highest BCUT2D eigenvalue weighted by Crippen LogP contribution is 2.23. The summed E-state index contributed by atoms with van der Waals surface area (Å²) in [5.41, 5.74) is 3.69. The van der Waals surface area contributed by atoms with E-state index < -0.39 is 0 Å². The quantitative estimate of drug-likeness (QED) is 0.799. The lowest BCUT2D eigenvalue weighted by molar-refractivity contribution is -0.117. The molecule has 0 radical (unpaired) electrons. The molecule has 24 heavy (non-hydrogen) atoms. The van der Waals surface area contributed by atoms with Gasteiger partial charge in [0, 0.05) is 24.3 Å². The van der Waals surface area contributed by atoms with Crippen molar-refractivity contribution >= 4 is 17.3 Å². The summed E-state index contributed by atoms with van der Waals surface area (Å²) in [6, 6.07) is 12.3. The van der Waals surface area contributed by atoms with Gasteiger partial charge < -0.3 is 10.6 Å². The lowest BCUT2D eigenvalue weighted by Gasteiger charge is -2.18. The predicted molar refractivity (Wildman–Crippen MR) is 97.6 cm³/mol. The fraction of sp³-hybridized carbons (Fsp3) is 0.350. The maximum absolute atomic E-state index is 12.9. The Bertz CT molecular complexity index is 703. The number of carbonyl (C=O) groups excluding carboxylic acids is 1. The summed E-state index contributed by atoms with van der Waals surface area (Å²) in [5, 5.41) is 6.28. The number of aryl methyl sites for hydroxylation is 1. The van der Waals surface area contributed by atoms with Gasteiger partial charge in [-0.3, -0.25) is 4.79 Å². The van der Waals surface area contributed by atoms with Crippen molar-refractivity contribution in [2.75, 3.05) is 10.6 Å². The van der Waals surface area contributed by atoms with Gasteiger partial charge in [-0.2, -0.15) is 0 Å². The van der Waals surface area contributed by atoms with Crippen molar-refractivity contribution in [3.63, 3.8) is 0 Å². The van der Waals surface area contributed by atoms with Crippen LogP contribution in [0.4, 0.5) is 15.8 Å². The first kappa shape index (κ1) is 18.0. The third kappa shape index (κ3) is 5.69. The molecule has 0 aliphatic carbocycles. The maximum Gasteiger partial charge on any atom is 0.224 e. The van der Waals surface area contributed by atoms with E-state index in [0.717, 1.165) is 22.5 Å². The molecular formula is C20H25FN2O. The van der Waals surface area contributed by atoms with E-state index in [-0.39, 0.29) is 17.1 Å². The molecule has 0 heterocycles. The van der Waals surface area contributed by atoms with Gasteiger partial charge in [0.05, 0.1) is 0 Å². The van der Waals surface area contributed by atoms with Crippen LogP contribution in [0.3, 0.4) is 0 Å². The summed E-state index contributed by atoms with van der Waals surface area (Å²) in [5.74, 6) is -0.223. The zero-order valence-corrected chi connectivity index (χ0v) is 14.7. The van der Waals surface area contributed by atoms with Crippen molar-refractivity contribution in [2.24, 2.45) is 5.41 Å². The third-order valence-corrected chi connectivity index (χ3v) is 3.61. The van der Waals surface area contributed by atoms with E-state index in [4.69, 9.17) is 0 Å². The van der Waals surface area contributed by atoms with Crippen molar-refractivity contribution in [3.05, 3.63) is 59.4 Å². The van der Waals surface area contributed by atoms with Gasteiger partial charge in [0.15, 0.2) is 0 Å². The topological polar surface area (TPSA) is 41.1 Å². The standard InChI is InChI=1S/C20H25FN2O/c1-14-5-10-17(22-13-15-6-8-16(21)9-7-15)11-18(14)23-19(24)12-20(2,3)4/h5-11,22H,12-13H2,1-4H3,(H,23,24). The number of nitrogens with one attached hydrogen (secondary N) is 2. The molecule has 2 rings (SSSR count). The average molecular weight is 328 g/mol. The highest BCUT2D eigenvalue weighted by molar-refractivity contribution is 5.92. The summed E-state index contributed by atoms with van der Waals surface area (Å²) in [4.78, 5) is 12.1. The summed E-state index contributed by atoms with van der Waals surface area (Å²) in [7, 11) is 0. The van der Waals surface area contributed by atoms with E-state index >= 15 is 0 Å². The molecule has 0 aromatic heterocycles. The van der Waals surface area contributed by atoms with Gasteiger partial charge in [0.2, 0.25) is 5.91 Å². The Morgan fingerprint density at radius 1 is 1.08 bits per heavy atom. The number of halogens is 1. The molecule has 0 unspecified atom stereocenters. The molecule has 1 amide bonds. The second-order valence-electron chi connectivity index (χ2n) is 7.30. The SMILES string of the molecule is Cc1ccc(NCc2ccc(F)cc2)cc1NC(=O)CC(C)(C)C. The van der Waals surface area contributed by atoms with Gasteiger partial charge in [-0.15, -0.1) is 0 Å². The number of amides is 1. The van der Waals surface area contributed by atoms with Gasteiger partial charge in [0.1, 0.15) is 5.82 Å². The average Bonchev–Trinajstić information content (AvgIpc) is 2.48. The molecule has 0 bridgehead atoms. The van der Waals surface area contributed by atoms with E-state index in [2.05, 4.69) is 10.6 Å². The molecule has 2 N–H and O–H groups in total. The number of anilines is 2. The third-order valence-electron chi connectivity index (χ3n) is 3.61. The molecule has 0 aliphatic heterocycles. The van der Waals surface area contributed by atoms with Crippen LogP contribution in [0, 0.1) is 18.2 Å². The van der Waals surface area contributed by atoms with Crippen LogP contribution in [0.5, 0.6) is 0 Å². The first-order chi connectivity index (χ1) is 11.2. The second kappa shape index (κ2) is 7.47. The minimum atomic E-state index is -0.238. The van der Waals surface area contributed by atoms with Crippen molar-refractivity contribution in [3.8, 4) is 0 Å². The summed E-state index contributed by atoms with van der Waals surface area (Å²) in [6.07, 6.45) is 0.472. The highest BCUT2D eigenvalue weighted by atomic mass is 19.1. The largest absolute Gasteiger partial charge is 0.381 e. The van der Waals surface area contributed by atoms with E-state index in [1.54, 1.807) is 12.1 Å². The molecule has 2 aromatic rings. The van der Waals surface area contributed by atoms with Gasteiger partial charge in [0.25, 0.3) is 0 Å². The smallest absolute Gasteiger partial charge is 0.224 e. The lowest BCUT2D eigenvalue weighted by atomic mass is 9.92. The number of hydrogen-bond donors (Lipinski definition) is 2.